The van der Waals surface area contributed by atoms with E-state index in [0.29, 0.717) is 6.04 Å². The van der Waals surface area contributed by atoms with E-state index in [2.05, 4.69) is 0 Å². The molecule has 13 heavy (non-hydrogen) atoms. The highest BCUT2D eigenvalue weighted by atomic mass is 16.2. The molecule has 2 unspecified atom stereocenters. The zero-order chi connectivity index (χ0) is 10.0. The highest BCUT2D eigenvalue weighted by Gasteiger charge is 2.29. The van der Waals surface area contributed by atoms with E-state index in [1.54, 1.807) is 0 Å². The number of nitrogens with two attached hydrogens (primary N) is 1. The van der Waals surface area contributed by atoms with Crippen molar-refractivity contribution < 1.29 is 4.79 Å². The molecule has 0 aromatic carbocycles. The summed E-state index contributed by atoms with van der Waals surface area (Å²) in [6.07, 6.45) is 3.58. The summed E-state index contributed by atoms with van der Waals surface area (Å²) >= 11 is 0. The van der Waals surface area contributed by atoms with Gasteiger partial charge in [0.25, 0.3) is 0 Å². The Labute approximate surface area is 80.3 Å². The second-order valence-electron chi connectivity index (χ2n) is 4.18. The quantitative estimate of drug-likeness (QED) is 0.710. The molecule has 3 heteroatoms. The average Bonchev–Trinajstić information content (AvgIpc) is 1.98. The third kappa shape index (κ3) is 2.21. The second kappa shape index (κ2) is 4.09. The number of hydrogen-bond donors (Lipinski definition) is 1. The standard InChI is InChI=1S/C10H20N2O/c1-7(8(2)11)10(13)12(3)9-5-4-6-9/h7-9H,4-6,11H2,1-3H3. The lowest BCUT2D eigenvalue weighted by Gasteiger charge is -2.36. The van der Waals surface area contributed by atoms with Crippen LogP contribution in [-0.2, 0) is 4.79 Å². The molecule has 0 saturated heterocycles. The van der Waals surface area contributed by atoms with Gasteiger partial charge in [-0.15, -0.1) is 0 Å². The smallest absolute Gasteiger partial charge is 0.226 e. The van der Waals surface area contributed by atoms with Gasteiger partial charge in [-0.25, -0.2) is 0 Å². The summed E-state index contributed by atoms with van der Waals surface area (Å²) in [6, 6.07) is 0.434. The average molecular weight is 184 g/mol. The molecule has 1 aliphatic rings. The first-order valence-electron chi connectivity index (χ1n) is 5.06. The molecule has 1 rings (SSSR count). The summed E-state index contributed by atoms with van der Waals surface area (Å²) in [5.74, 6) is 0.144. The Bertz CT molecular complexity index is 187. The highest BCUT2D eigenvalue weighted by Crippen LogP contribution is 2.24. The maximum Gasteiger partial charge on any atom is 0.226 e. The van der Waals surface area contributed by atoms with Gasteiger partial charge in [-0.05, 0) is 26.2 Å². The van der Waals surface area contributed by atoms with Crippen molar-refractivity contribution in [2.24, 2.45) is 11.7 Å². The number of carbonyl (C=O) groups excluding carboxylic acids is 1. The first kappa shape index (κ1) is 10.5. The first-order valence-corrected chi connectivity index (χ1v) is 5.06. The Morgan fingerprint density at radius 2 is 2.00 bits per heavy atom. The fourth-order valence-corrected chi connectivity index (χ4v) is 1.50. The third-order valence-corrected chi connectivity index (χ3v) is 3.15. The molecule has 1 amide bonds. The zero-order valence-electron chi connectivity index (χ0n) is 8.79. The normalized spacial score (nSPS) is 21.8. The summed E-state index contributed by atoms with van der Waals surface area (Å²) < 4.78 is 0. The molecule has 0 radical (unpaired) electrons. The molecule has 0 bridgehead atoms. The van der Waals surface area contributed by atoms with Gasteiger partial charge in [0.05, 0.1) is 5.92 Å². The fourth-order valence-electron chi connectivity index (χ4n) is 1.50. The van der Waals surface area contributed by atoms with Gasteiger partial charge in [0.2, 0.25) is 5.91 Å². The van der Waals surface area contributed by atoms with Crippen LogP contribution >= 0.6 is 0 Å². The largest absolute Gasteiger partial charge is 0.342 e. The van der Waals surface area contributed by atoms with E-state index < -0.39 is 0 Å². The van der Waals surface area contributed by atoms with Crippen molar-refractivity contribution in [2.75, 3.05) is 7.05 Å². The summed E-state index contributed by atoms with van der Waals surface area (Å²) in [4.78, 5) is 13.6. The van der Waals surface area contributed by atoms with E-state index in [4.69, 9.17) is 5.73 Å². The highest BCUT2D eigenvalue weighted by molar-refractivity contribution is 5.79. The summed E-state index contributed by atoms with van der Waals surface area (Å²) in [7, 11) is 1.89. The van der Waals surface area contributed by atoms with E-state index in [1.807, 2.05) is 25.8 Å². The van der Waals surface area contributed by atoms with Gasteiger partial charge in [0.15, 0.2) is 0 Å². The van der Waals surface area contributed by atoms with Crippen LogP contribution in [0.1, 0.15) is 33.1 Å². The zero-order valence-corrected chi connectivity index (χ0v) is 8.79. The number of hydrogen-bond acceptors (Lipinski definition) is 2. The van der Waals surface area contributed by atoms with Crippen molar-refractivity contribution in [3.63, 3.8) is 0 Å². The Morgan fingerprint density at radius 1 is 1.46 bits per heavy atom. The van der Waals surface area contributed by atoms with Crippen LogP contribution in [0.2, 0.25) is 0 Å². The number of carbonyl (C=O) groups is 1. The molecule has 3 nitrogen and oxygen atoms in total. The minimum absolute atomic E-state index is 0.0463. The van der Waals surface area contributed by atoms with Crippen molar-refractivity contribution in [2.45, 2.75) is 45.2 Å². The molecule has 1 fully saturated rings. The molecule has 2 N–H and O–H groups in total. The van der Waals surface area contributed by atoms with Crippen molar-refractivity contribution in [3.8, 4) is 0 Å². The van der Waals surface area contributed by atoms with E-state index in [9.17, 15) is 4.79 Å². The van der Waals surface area contributed by atoms with Gasteiger partial charge in [-0.1, -0.05) is 6.92 Å². The molecule has 0 aromatic rings. The first-order chi connectivity index (χ1) is 6.04. The Balaban J connectivity index is 2.45. The monoisotopic (exact) mass is 184 g/mol. The maximum atomic E-state index is 11.8. The lowest BCUT2D eigenvalue weighted by molar-refractivity contribution is -0.137. The second-order valence-corrected chi connectivity index (χ2v) is 4.18. The van der Waals surface area contributed by atoms with Crippen LogP contribution in [0.5, 0.6) is 0 Å². The molecule has 76 valence electrons. The lowest BCUT2D eigenvalue weighted by Crippen LogP contribution is -2.47. The predicted octanol–water partition coefficient (Wildman–Crippen LogP) is 0.981. The Kier molecular flexibility index (Phi) is 3.31. The molecular weight excluding hydrogens is 164 g/mol. The van der Waals surface area contributed by atoms with Crippen molar-refractivity contribution in [1.29, 1.82) is 0 Å². The Hall–Kier alpha value is -0.570. The van der Waals surface area contributed by atoms with Crippen LogP contribution in [0.25, 0.3) is 0 Å². The number of nitrogens with zero attached hydrogens (tertiary/aromatic N) is 1. The van der Waals surface area contributed by atoms with Crippen LogP contribution in [0.3, 0.4) is 0 Å². The van der Waals surface area contributed by atoms with Crippen LogP contribution in [-0.4, -0.2) is 29.9 Å². The number of amides is 1. The molecule has 0 aromatic heterocycles. The van der Waals surface area contributed by atoms with Crippen LogP contribution in [0.4, 0.5) is 0 Å². The van der Waals surface area contributed by atoms with Gasteiger partial charge in [-0.3, -0.25) is 4.79 Å². The van der Waals surface area contributed by atoms with E-state index in [1.165, 1.54) is 6.42 Å². The van der Waals surface area contributed by atoms with Crippen molar-refractivity contribution in [1.82, 2.24) is 4.90 Å². The molecular formula is C10H20N2O. The third-order valence-electron chi connectivity index (χ3n) is 3.15. The minimum atomic E-state index is -0.0504. The van der Waals surface area contributed by atoms with Gasteiger partial charge in [0, 0.05) is 19.1 Å². The topological polar surface area (TPSA) is 46.3 Å². The van der Waals surface area contributed by atoms with Gasteiger partial charge in [0.1, 0.15) is 0 Å². The van der Waals surface area contributed by atoms with E-state index in [-0.39, 0.29) is 17.9 Å². The van der Waals surface area contributed by atoms with Gasteiger partial charge >= 0.3 is 0 Å². The van der Waals surface area contributed by atoms with Crippen molar-refractivity contribution in [3.05, 3.63) is 0 Å². The minimum Gasteiger partial charge on any atom is -0.342 e. The van der Waals surface area contributed by atoms with Gasteiger partial charge in [-0.2, -0.15) is 0 Å². The van der Waals surface area contributed by atoms with E-state index >= 15 is 0 Å². The predicted molar refractivity (Wildman–Crippen MR) is 53.2 cm³/mol. The lowest BCUT2D eigenvalue weighted by atomic mass is 9.90. The summed E-state index contributed by atoms with van der Waals surface area (Å²) in [6.45, 7) is 3.79. The molecule has 1 aliphatic carbocycles. The molecule has 0 heterocycles. The van der Waals surface area contributed by atoms with Gasteiger partial charge < -0.3 is 10.6 Å². The fraction of sp³-hybridized carbons (Fsp3) is 0.900. The van der Waals surface area contributed by atoms with Crippen LogP contribution in [0, 0.1) is 5.92 Å². The summed E-state index contributed by atoms with van der Waals surface area (Å²) in [5, 5.41) is 0. The maximum absolute atomic E-state index is 11.8. The van der Waals surface area contributed by atoms with E-state index in [0.717, 1.165) is 12.8 Å². The van der Waals surface area contributed by atoms with Crippen molar-refractivity contribution >= 4 is 5.91 Å². The van der Waals surface area contributed by atoms with Crippen LogP contribution < -0.4 is 5.73 Å². The Morgan fingerprint density at radius 3 is 2.31 bits per heavy atom. The SMILES string of the molecule is CC(N)C(C)C(=O)N(C)C1CCC1. The summed E-state index contributed by atoms with van der Waals surface area (Å²) in [5.41, 5.74) is 5.69. The number of rotatable bonds is 3. The molecule has 2 atom stereocenters. The molecule has 1 saturated carbocycles. The molecule has 0 spiro atoms. The molecule has 0 aliphatic heterocycles. The van der Waals surface area contributed by atoms with Crippen LogP contribution in [0.15, 0.2) is 0 Å².